The molecule has 1 unspecified atom stereocenters. The van der Waals surface area contributed by atoms with Crippen LogP contribution in [0.4, 0.5) is 16.6 Å². The summed E-state index contributed by atoms with van der Waals surface area (Å²) in [6, 6.07) is 0.178. The summed E-state index contributed by atoms with van der Waals surface area (Å²) >= 11 is 0. The second-order valence-corrected chi connectivity index (χ2v) is 5.13. The van der Waals surface area contributed by atoms with E-state index in [-0.39, 0.29) is 12.1 Å². The maximum absolute atomic E-state index is 11.7. The van der Waals surface area contributed by atoms with E-state index in [4.69, 9.17) is 5.84 Å². The van der Waals surface area contributed by atoms with Gasteiger partial charge in [-0.3, -0.25) is 10.5 Å². The number of nitrogens with zero attached hydrogens (tertiary/aromatic N) is 5. The minimum absolute atomic E-state index is 0.0140. The third kappa shape index (κ3) is 1.83. The van der Waals surface area contributed by atoms with Gasteiger partial charge < -0.3 is 15.1 Å². The summed E-state index contributed by atoms with van der Waals surface area (Å²) in [5.41, 5.74) is 3.10. The number of hydrogen-bond acceptors (Lipinski definition) is 7. The number of anilines is 2. The van der Waals surface area contributed by atoms with Gasteiger partial charge >= 0.3 is 6.03 Å². The van der Waals surface area contributed by atoms with Crippen molar-refractivity contribution in [1.82, 2.24) is 30.4 Å². The Hall–Kier alpha value is -2.62. The van der Waals surface area contributed by atoms with Crippen LogP contribution in [0.2, 0.25) is 0 Å². The Morgan fingerprint density at radius 3 is 3.14 bits per heavy atom. The number of aromatic amines is 1. The molecule has 2 aliphatic rings. The van der Waals surface area contributed by atoms with E-state index in [1.165, 1.54) is 0 Å². The van der Waals surface area contributed by atoms with Crippen molar-refractivity contribution < 1.29 is 4.79 Å². The minimum Gasteiger partial charge on any atom is -0.352 e. The Morgan fingerprint density at radius 2 is 2.29 bits per heavy atom. The Labute approximate surface area is 119 Å². The fraction of sp³-hybridized carbons (Fsp3) is 0.455. The number of hydrogen-bond donors (Lipinski definition) is 4. The summed E-state index contributed by atoms with van der Waals surface area (Å²) in [4.78, 5) is 24.3. The molecule has 10 nitrogen and oxygen atoms in total. The van der Waals surface area contributed by atoms with Gasteiger partial charge in [-0.1, -0.05) is 0 Å². The van der Waals surface area contributed by atoms with E-state index in [0.29, 0.717) is 31.2 Å². The number of carbonyl (C=O) groups excluding carboxylic acids is 1. The first-order chi connectivity index (χ1) is 10.3. The smallest absolute Gasteiger partial charge is 0.317 e. The van der Waals surface area contributed by atoms with E-state index in [1.807, 2.05) is 4.90 Å². The highest BCUT2D eigenvalue weighted by atomic mass is 16.2. The fourth-order valence-corrected chi connectivity index (χ4v) is 2.92. The first kappa shape index (κ1) is 12.1. The van der Waals surface area contributed by atoms with Gasteiger partial charge in [-0.25, -0.2) is 10.6 Å². The van der Waals surface area contributed by atoms with Crippen molar-refractivity contribution in [3.05, 3.63) is 6.20 Å². The van der Waals surface area contributed by atoms with Crippen molar-refractivity contribution in [3.63, 3.8) is 0 Å². The van der Waals surface area contributed by atoms with E-state index in [9.17, 15) is 4.79 Å². The number of carbonyl (C=O) groups is 1. The molecule has 0 aromatic carbocycles. The van der Waals surface area contributed by atoms with Gasteiger partial charge in [0.15, 0.2) is 5.65 Å². The molecule has 0 aliphatic carbocycles. The average Bonchev–Trinajstić information content (AvgIpc) is 3.12. The first-order valence-electron chi connectivity index (χ1n) is 6.73. The molecule has 4 heterocycles. The lowest BCUT2D eigenvalue weighted by Crippen LogP contribution is -2.52. The van der Waals surface area contributed by atoms with Crippen molar-refractivity contribution in [2.45, 2.75) is 6.04 Å². The van der Waals surface area contributed by atoms with Crippen molar-refractivity contribution in [1.29, 1.82) is 0 Å². The molecule has 10 heteroatoms. The topological polar surface area (TPSA) is 128 Å². The first-order valence-corrected chi connectivity index (χ1v) is 6.73. The van der Waals surface area contributed by atoms with Gasteiger partial charge in [-0.2, -0.15) is 15.1 Å². The predicted molar refractivity (Wildman–Crippen MR) is 75.6 cm³/mol. The highest BCUT2D eigenvalue weighted by molar-refractivity contribution is 5.88. The number of H-pyrrole nitrogens is 1. The summed E-state index contributed by atoms with van der Waals surface area (Å²) in [7, 11) is 0. The Kier molecular flexibility index (Phi) is 2.57. The van der Waals surface area contributed by atoms with Crippen molar-refractivity contribution in [2.24, 2.45) is 5.84 Å². The Balaban J connectivity index is 1.70. The van der Waals surface area contributed by atoms with Crippen molar-refractivity contribution in [3.8, 4) is 0 Å². The lowest BCUT2D eigenvalue weighted by Gasteiger charge is -2.37. The number of fused-ring (bicyclic) bond motifs is 2. The third-order valence-electron chi connectivity index (χ3n) is 3.95. The van der Waals surface area contributed by atoms with Gasteiger partial charge in [0.05, 0.1) is 17.6 Å². The molecule has 21 heavy (non-hydrogen) atoms. The molecule has 2 aliphatic heterocycles. The van der Waals surface area contributed by atoms with Gasteiger partial charge in [-0.15, -0.1) is 0 Å². The van der Waals surface area contributed by atoms with Crippen LogP contribution in [0.25, 0.3) is 11.0 Å². The van der Waals surface area contributed by atoms with Gasteiger partial charge in [0, 0.05) is 26.2 Å². The molecule has 0 saturated carbocycles. The van der Waals surface area contributed by atoms with E-state index < -0.39 is 0 Å². The van der Waals surface area contributed by atoms with Gasteiger partial charge in [0.25, 0.3) is 0 Å². The highest BCUT2D eigenvalue weighted by Gasteiger charge is 2.36. The largest absolute Gasteiger partial charge is 0.352 e. The molecule has 5 N–H and O–H groups in total. The fourth-order valence-electron chi connectivity index (χ4n) is 2.92. The monoisotopic (exact) mass is 289 g/mol. The second kappa shape index (κ2) is 4.45. The number of amides is 2. The lowest BCUT2D eigenvalue weighted by molar-refractivity contribution is 0.197. The summed E-state index contributed by atoms with van der Waals surface area (Å²) in [5, 5.41) is 10.5. The standard InChI is InChI=1S/C11H15N9O/c12-17-10-15-8-7(4-14-18-8)9(16-10)19-1-2-20-6(5-19)3-13-11(20)21/h4,6H,1-3,5,12H2,(H,13,21)(H2,14,15,16,17,18). The average molecular weight is 289 g/mol. The SMILES string of the molecule is NNc1nc(N2CCN3C(=O)NCC3C2)c2cn[nH]c2n1. The molecule has 2 aromatic heterocycles. The van der Waals surface area contributed by atoms with Gasteiger partial charge in [0.1, 0.15) is 5.82 Å². The van der Waals surface area contributed by atoms with Crippen molar-refractivity contribution >= 4 is 28.8 Å². The van der Waals surface area contributed by atoms with Gasteiger partial charge in [-0.05, 0) is 0 Å². The number of aromatic nitrogens is 4. The van der Waals surface area contributed by atoms with E-state index in [1.54, 1.807) is 6.20 Å². The quantitative estimate of drug-likeness (QED) is 0.406. The van der Waals surface area contributed by atoms with Crippen LogP contribution in [0.3, 0.4) is 0 Å². The molecule has 0 bridgehead atoms. The molecule has 2 amide bonds. The van der Waals surface area contributed by atoms with Gasteiger partial charge in [0.2, 0.25) is 5.95 Å². The maximum Gasteiger partial charge on any atom is 0.317 e. The number of nitrogens with one attached hydrogen (secondary N) is 3. The van der Waals surface area contributed by atoms with Crippen LogP contribution >= 0.6 is 0 Å². The number of urea groups is 1. The molecule has 2 saturated heterocycles. The van der Waals surface area contributed by atoms with E-state index in [0.717, 1.165) is 17.7 Å². The molecule has 4 rings (SSSR count). The summed E-state index contributed by atoms with van der Waals surface area (Å²) in [6.45, 7) is 2.77. The van der Waals surface area contributed by atoms with Crippen LogP contribution in [-0.4, -0.2) is 63.3 Å². The van der Waals surface area contributed by atoms with Crippen molar-refractivity contribution in [2.75, 3.05) is 36.5 Å². The molecule has 0 spiro atoms. The molecular weight excluding hydrogens is 274 g/mol. The summed E-state index contributed by atoms with van der Waals surface area (Å²) in [5.74, 6) is 6.54. The number of nitrogen functional groups attached to an aromatic ring is 1. The van der Waals surface area contributed by atoms with Crippen LogP contribution in [0.15, 0.2) is 6.20 Å². The summed E-state index contributed by atoms with van der Waals surface area (Å²) in [6.07, 6.45) is 1.70. The van der Waals surface area contributed by atoms with E-state index >= 15 is 0 Å². The molecule has 2 aromatic rings. The van der Waals surface area contributed by atoms with Crippen LogP contribution in [0, 0.1) is 0 Å². The van der Waals surface area contributed by atoms with Crippen LogP contribution in [-0.2, 0) is 0 Å². The zero-order valence-corrected chi connectivity index (χ0v) is 11.2. The number of hydrazine groups is 1. The normalized spacial score (nSPS) is 21.6. The van der Waals surface area contributed by atoms with Crippen LogP contribution < -0.4 is 21.5 Å². The van der Waals surface area contributed by atoms with Crippen LogP contribution in [0.1, 0.15) is 0 Å². The predicted octanol–water partition coefficient (Wildman–Crippen LogP) is -1.15. The summed E-state index contributed by atoms with van der Waals surface area (Å²) < 4.78 is 0. The number of nitrogens with two attached hydrogens (primary N) is 1. The maximum atomic E-state index is 11.7. The highest BCUT2D eigenvalue weighted by Crippen LogP contribution is 2.26. The molecule has 1 atom stereocenters. The third-order valence-corrected chi connectivity index (χ3v) is 3.95. The van der Waals surface area contributed by atoms with Crippen LogP contribution in [0.5, 0.6) is 0 Å². The zero-order chi connectivity index (χ0) is 14.4. The minimum atomic E-state index is 0.0140. The zero-order valence-electron chi connectivity index (χ0n) is 11.2. The Bertz CT molecular complexity index is 698. The molecular formula is C11H15N9O. The number of piperazine rings is 1. The lowest BCUT2D eigenvalue weighted by atomic mass is 10.2. The molecule has 110 valence electrons. The van der Waals surface area contributed by atoms with E-state index in [2.05, 4.69) is 35.8 Å². The molecule has 0 radical (unpaired) electrons. The molecule has 2 fully saturated rings. The second-order valence-electron chi connectivity index (χ2n) is 5.13. The Morgan fingerprint density at radius 1 is 1.38 bits per heavy atom. The number of rotatable bonds is 2.